The number of hydrogen-bond acceptors (Lipinski definition) is 5. The summed E-state index contributed by atoms with van der Waals surface area (Å²) >= 11 is 0. The number of nitrogens with zero attached hydrogens (tertiary/aromatic N) is 1. The number of amides is 2. The summed E-state index contributed by atoms with van der Waals surface area (Å²) < 4.78 is 5.40. The van der Waals surface area contributed by atoms with Crippen LogP contribution >= 0.6 is 0 Å². The molecule has 0 aromatic heterocycles. The second-order valence-electron chi connectivity index (χ2n) is 6.15. The maximum absolute atomic E-state index is 12.8. The van der Waals surface area contributed by atoms with Gasteiger partial charge in [0.2, 0.25) is 0 Å². The predicted octanol–water partition coefficient (Wildman–Crippen LogP) is 2.59. The van der Waals surface area contributed by atoms with Crippen molar-refractivity contribution in [3.8, 4) is 5.75 Å². The van der Waals surface area contributed by atoms with E-state index in [-0.39, 0.29) is 24.0 Å². The Morgan fingerprint density at radius 1 is 1.04 bits per heavy atom. The quantitative estimate of drug-likeness (QED) is 0.672. The molecule has 2 aliphatic rings. The lowest BCUT2D eigenvalue weighted by atomic mass is 9.84. The number of benzene rings is 2. The van der Waals surface area contributed by atoms with Crippen LogP contribution in [0.3, 0.4) is 0 Å². The molecule has 1 aliphatic heterocycles. The summed E-state index contributed by atoms with van der Waals surface area (Å²) in [6.45, 7) is 0. The highest BCUT2D eigenvalue weighted by Crippen LogP contribution is 2.44. The van der Waals surface area contributed by atoms with Crippen molar-refractivity contribution in [3.63, 3.8) is 0 Å². The van der Waals surface area contributed by atoms with Crippen molar-refractivity contribution in [2.75, 3.05) is 12.8 Å². The van der Waals surface area contributed by atoms with Crippen molar-refractivity contribution in [1.29, 1.82) is 0 Å². The molecule has 1 unspecified atom stereocenters. The number of methoxy groups -OCH3 is 1. The van der Waals surface area contributed by atoms with Crippen LogP contribution in [-0.4, -0.2) is 29.6 Å². The molecule has 25 heavy (non-hydrogen) atoms. The first-order valence-electron chi connectivity index (χ1n) is 8.01. The van der Waals surface area contributed by atoms with Crippen LogP contribution in [0.15, 0.2) is 36.4 Å². The molecule has 0 saturated carbocycles. The third-order valence-corrected chi connectivity index (χ3v) is 4.85. The van der Waals surface area contributed by atoms with E-state index in [1.54, 1.807) is 36.4 Å². The summed E-state index contributed by atoms with van der Waals surface area (Å²) in [5.41, 5.74) is 7.98. The first-order chi connectivity index (χ1) is 12.0. The second-order valence-corrected chi connectivity index (χ2v) is 6.15. The van der Waals surface area contributed by atoms with Gasteiger partial charge in [0.05, 0.1) is 24.3 Å². The molecule has 2 amide bonds. The van der Waals surface area contributed by atoms with Crippen LogP contribution in [0.5, 0.6) is 5.75 Å². The van der Waals surface area contributed by atoms with E-state index in [1.807, 2.05) is 0 Å². The van der Waals surface area contributed by atoms with Crippen LogP contribution < -0.4 is 10.5 Å². The fourth-order valence-electron chi connectivity index (χ4n) is 3.72. The van der Waals surface area contributed by atoms with E-state index in [0.717, 1.165) is 0 Å². The molecule has 6 nitrogen and oxygen atoms in total. The van der Waals surface area contributed by atoms with E-state index in [4.69, 9.17) is 10.5 Å². The number of imide groups is 1. The Morgan fingerprint density at radius 2 is 1.68 bits per heavy atom. The number of ketones is 1. The highest BCUT2D eigenvalue weighted by molar-refractivity contribution is 6.22. The molecule has 126 valence electrons. The van der Waals surface area contributed by atoms with Crippen molar-refractivity contribution < 1.29 is 19.1 Å². The minimum Gasteiger partial charge on any atom is -0.496 e. The minimum absolute atomic E-state index is 0.0979. The Labute approximate surface area is 144 Å². The van der Waals surface area contributed by atoms with E-state index in [2.05, 4.69) is 0 Å². The summed E-state index contributed by atoms with van der Waals surface area (Å²) in [5.74, 6) is -0.344. The zero-order valence-electron chi connectivity index (χ0n) is 13.6. The number of carbonyl (C=O) groups is 3. The van der Waals surface area contributed by atoms with Gasteiger partial charge in [0.1, 0.15) is 5.75 Å². The molecule has 0 saturated heterocycles. The molecule has 1 atom stereocenters. The topological polar surface area (TPSA) is 89.7 Å². The maximum Gasteiger partial charge on any atom is 0.262 e. The van der Waals surface area contributed by atoms with Gasteiger partial charge in [-0.25, -0.2) is 0 Å². The van der Waals surface area contributed by atoms with Gasteiger partial charge in [0.25, 0.3) is 11.8 Å². The molecule has 4 rings (SSSR count). The number of nitrogen functional groups attached to an aromatic ring is 1. The predicted molar refractivity (Wildman–Crippen MR) is 90.7 cm³/mol. The second kappa shape index (κ2) is 5.44. The number of fused-ring (bicyclic) bond motifs is 2. The largest absolute Gasteiger partial charge is 0.496 e. The molecule has 2 aromatic carbocycles. The Morgan fingerprint density at radius 3 is 2.28 bits per heavy atom. The first-order valence-corrected chi connectivity index (χ1v) is 8.01. The van der Waals surface area contributed by atoms with E-state index in [9.17, 15) is 14.4 Å². The number of hydrogen-bond donors (Lipinski definition) is 1. The average molecular weight is 336 g/mol. The molecular weight excluding hydrogens is 320 g/mol. The van der Waals surface area contributed by atoms with Gasteiger partial charge >= 0.3 is 0 Å². The molecule has 1 heterocycles. The average Bonchev–Trinajstić information content (AvgIpc) is 2.87. The molecular formula is C19H16N2O4. The normalized spacial score (nSPS) is 19.0. The molecule has 0 radical (unpaired) electrons. The van der Waals surface area contributed by atoms with Gasteiger partial charge in [-0.05, 0) is 30.7 Å². The zero-order chi connectivity index (χ0) is 17.7. The van der Waals surface area contributed by atoms with Gasteiger partial charge < -0.3 is 10.5 Å². The number of nitrogens with two attached hydrogens (primary N) is 1. The molecule has 2 N–H and O–H groups in total. The van der Waals surface area contributed by atoms with Crippen LogP contribution in [0.2, 0.25) is 0 Å². The SMILES string of the molecule is COc1ccc(N)c2c1C(N1C(=O)c3ccccc3C1=O)CCC2=O. The standard InChI is InChI=1S/C19H16N2O4/c1-25-15-9-6-12(20)16-14(22)8-7-13(17(15)16)21-18(23)10-4-2-3-5-11(10)19(21)24/h2-6,9,13H,7-8,20H2,1H3. The molecule has 1 aliphatic carbocycles. The number of carbonyl (C=O) groups excluding carboxylic acids is 3. The third kappa shape index (κ3) is 2.07. The number of Topliss-reactive ketones (excluding diaryl/α,β-unsaturated/α-hetero) is 1. The van der Waals surface area contributed by atoms with Crippen LogP contribution in [0, 0.1) is 0 Å². The van der Waals surface area contributed by atoms with Gasteiger partial charge in [-0.2, -0.15) is 0 Å². The first kappa shape index (κ1) is 15.4. The van der Waals surface area contributed by atoms with Crippen molar-refractivity contribution in [1.82, 2.24) is 4.90 Å². The van der Waals surface area contributed by atoms with E-state index < -0.39 is 6.04 Å². The lowest BCUT2D eigenvalue weighted by Crippen LogP contribution is -2.37. The Balaban J connectivity index is 1.89. The number of anilines is 1. The van der Waals surface area contributed by atoms with E-state index >= 15 is 0 Å². The summed E-state index contributed by atoms with van der Waals surface area (Å²) in [4.78, 5) is 39.3. The van der Waals surface area contributed by atoms with Gasteiger partial charge in [0.15, 0.2) is 5.78 Å². The molecule has 0 bridgehead atoms. The maximum atomic E-state index is 12.8. The number of ether oxygens (including phenoxy) is 1. The van der Waals surface area contributed by atoms with E-state index in [0.29, 0.717) is 40.1 Å². The van der Waals surface area contributed by atoms with Crippen molar-refractivity contribution in [2.24, 2.45) is 0 Å². The summed E-state index contributed by atoms with van der Waals surface area (Å²) in [5, 5.41) is 0. The molecule has 6 heteroatoms. The van der Waals surface area contributed by atoms with Crippen molar-refractivity contribution >= 4 is 23.3 Å². The van der Waals surface area contributed by atoms with Crippen LogP contribution in [0.4, 0.5) is 5.69 Å². The Bertz CT molecular complexity index is 900. The summed E-state index contributed by atoms with van der Waals surface area (Å²) in [7, 11) is 1.49. The lowest BCUT2D eigenvalue weighted by molar-refractivity contribution is 0.0555. The van der Waals surface area contributed by atoms with Gasteiger partial charge in [0, 0.05) is 23.2 Å². The van der Waals surface area contributed by atoms with E-state index in [1.165, 1.54) is 12.0 Å². The fourth-order valence-corrected chi connectivity index (χ4v) is 3.72. The summed E-state index contributed by atoms with van der Waals surface area (Å²) in [6, 6.07) is 9.44. The van der Waals surface area contributed by atoms with Crippen molar-refractivity contribution in [3.05, 3.63) is 58.7 Å². The highest BCUT2D eigenvalue weighted by Gasteiger charge is 2.44. The van der Waals surface area contributed by atoms with Crippen molar-refractivity contribution in [2.45, 2.75) is 18.9 Å². The molecule has 0 spiro atoms. The molecule has 0 fully saturated rings. The zero-order valence-corrected chi connectivity index (χ0v) is 13.6. The summed E-state index contributed by atoms with van der Waals surface area (Å²) in [6.07, 6.45) is 0.583. The Kier molecular flexibility index (Phi) is 3.35. The van der Waals surface area contributed by atoms with Gasteiger partial charge in [-0.1, -0.05) is 12.1 Å². The molecule has 2 aromatic rings. The van der Waals surface area contributed by atoms with Gasteiger partial charge in [-0.15, -0.1) is 0 Å². The highest BCUT2D eigenvalue weighted by atomic mass is 16.5. The van der Waals surface area contributed by atoms with Crippen LogP contribution in [-0.2, 0) is 0 Å². The fraction of sp³-hybridized carbons (Fsp3) is 0.211. The Hall–Kier alpha value is -3.15. The monoisotopic (exact) mass is 336 g/mol. The smallest absolute Gasteiger partial charge is 0.262 e. The third-order valence-electron chi connectivity index (χ3n) is 4.85. The minimum atomic E-state index is -0.571. The van der Waals surface area contributed by atoms with Crippen LogP contribution in [0.1, 0.15) is 55.5 Å². The van der Waals surface area contributed by atoms with Crippen LogP contribution in [0.25, 0.3) is 0 Å². The lowest BCUT2D eigenvalue weighted by Gasteiger charge is -2.32. The van der Waals surface area contributed by atoms with Gasteiger partial charge in [-0.3, -0.25) is 19.3 Å². The number of rotatable bonds is 2.